The minimum absolute atomic E-state index is 0.308. The Morgan fingerprint density at radius 1 is 0.968 bits per heavy atom. The number of carbonyl (C=O) groups is 2. The molecule has 4 aromatic rings. The number of aromatic nitrogens is 1. The Balaban J connectivity index is 1.24. The Labute approximate surface area is 181 Å². The average molecular weight is 436 g/mol. The van der Waals surface area contributed by atoms with E-state index in [4.69, 9.17) is 9.47 Å². The first-order valence-corrected chi connectivity index (χ1v) is 10.2. The van der Waals surface area contributed by atoms with Gasteiger partial charge >= 0.3 is 5.97 Å². The number of nitrogens with zero attached hydrogens (tertiary/aromatic N) is 1. The lowest BCUT2D eigenvalue weighted by Crippen LogP contribution is -2.23. The molecular formula is C23H17FN2O4S. The van der Waals surface area contributed by atoms with E-state index in [2.05, 4.69) is 10.3 Å². The summed E-state index contributed by atoms with van der Waals surface area (Å²) in [5.41, 5.74) is 1.34. The summed E-state index contributed by atoms with van der Waals surface area (Å²) in [4.78, 5) is 28.2. The topological polar surface area (TPSA) is 77.5 Å². The van der Waals surface area contributed by atoms with Crippen molar-refractivity contribution in [1.82, 2.24) is 4.98 Å². The van der Waals surface area contributed by atoms with E-state index in [1.54, 1.807) is 23.6 Å². The van der Waals surface area contributed by atoms with Crippen molar-refractivity contribution in [1.29, 1.82) is 0 Å². The molecule has 156 valence electrons. The summed E-state index contributed by atoms with van der Waals surface area (Å²) in [6.07, 6.45) is 0. The molecule has 0 bridgehead atoms. The number of esters is 1. The van der Waals surface area contributed by atoms with Gasteiger partial charge in [-0.15, -0.1) is 11.3 Å². The van der Waals surface area contributed by atoms with E-state index in [-0.39, 0.29) is 12.4 Å². The molecule has 0 aliphatic rings. The fourth-order valence-corrected chi connectivity index (χ4v) is 3.56. The summed E-state index contributed by atoms with van der Waals surface area (Å²) in [6.45, 7) is -0.761. The van der Waals surface area contributed by atoms with Crippen LogP contribution >= 0.6 is 11.3 Å². The summed E-state index contributed by atoms with van der Waals surface area (Å²) in [7, 11) is 0. The second kappa shape index (κ2) is 9.36. The third-order valence-corrected chi connectivity index (χ3v) is 5.09. The first-order chi connectivity index (χ1) is 15.1. The number of anilines is 1. The third kappa shape index (κ3) is 5.43. The minimum Gasteiger partial charge on any atom is -0.482 e. The summed E-state index contributed by atoms with van der Waals surface area (Å²) < 4.78 is 23.4. The molecule has 6 nitrogen and oxygen atoms in total. The van der Waals surface area contributed by atoms with E-state index in [0.29, 0.717) is 16.6 Å². The fraction of sp³-hybridized carbons (Fsp3) is 0.0870. The number of fused-ring (bicyclic) bond motifs is 1. The Bertz CT molecular complexity index is 1220. The van der Waals surface area contributed by atoms with Crippen molar-refractivity contribution in [2.45, 2.75) is 0 Å². The predicted molar refractivity (Wildman–Crippen MR) is 117 cm³/mol. The molecule has 0 atom stereocenters. The minimum atomic E-state index is -0.658. The largest absolute Gasteiger partial charge is 0.482 e. The number of hydrogen-bond donors (Lipinski definition) is 1. The molecule has 31 heavy (non-hydrogen) atoms. The highest BCUT2D eigenvalue weighted by Crippen LogP contribution is 2.25. The van der Waals surface area contributed by atoms with Crippen molar-refractivity contribution in [2.24, 2.45) is 0 Å². The molecule has 1 amide bonds. The summed E-state index contributed by atoms with van der Waals surface area (Å²) in [5.74, 6) is -0.969. The molecule has 0 spiro atoms. The van der Waals surface area contributed by atoms with Crippen LogP contribution in [-0.4, -0.2) is 30.1 Å². The SMILES string of the molecule is O=C(COC(=O)COc1ccc2ccccc2c1)Nc1nc(-c2ccc(F)cc2)cs1. The monoisotopic (exact) mass is 436 g/mol. The van der Waals surface area contributed by atoms with E-state index < -0.39 is 18.5 Å². The van der Waals surface area contributed by atoms with Crippen LogP contribution in [0.15, 0.2) is 72.1 Å². The maximum Gasteiger partial charge on any atom is 0.344 e. The maximum atomic E-state index is 13.0. The molecule has 0 unspecified atom stereocenters. The molecule has 0 aliphatic carbocycles. The second-order valence-corrected chi connectivity index (χ2v) is 7.41. The van der Waals surface area contributed by atoms with Crippen LogP contribution < -0.4 is 10.1 Å². The normalized spacial score (nSPS) is 10.6. The number of nitrogens with one attached hydrogen (secondary N) is 1. The number of rotatable bonds is 7. The maximum absolute atomic E-state index is 13.0. The van der Waals surface area contributed by atoms with Crippen LogP contribution in [-0.2, 0) is 14.3 Å². The number of benzene rings is 3. The Morgan fingerprint density at radius 3 is 2.55 bits per heavy atom. The van der Waals surface area contributed by atoms with Gasteiger partial charge in [-0.3, -0.25) is 10.1 Å². The van der Waals surface area contributed by atoms with Gasteiger partial charge in [-0.2, -0.15) is 0 Å². The Morgan fingerprint density at radius 2 is 1.74 bits per heavy atom. The fourth-order valence-electron chi connectivity index (χ4n) is 2.83. The zero-order valence-electron chi connectivity index (χ0n) is 16.2. The highest BCUT2D eigenvalue weighted by molar-refractivity contribution is 7.14. The number of thiazole rings is 1. The molecule has 0 saturated carbocycles. The highest BCUT2D eigenvalue weighted by atomic mass is 32.1. The smallest absolute Gasteiger partial charge is 0.344 e. The molecule has 4 rings (SSSR count). The van der Waals surface area contributed by atoms with Crippen LogP contribution in [0.1, 0.15) is 0 Å². The van der Waals surface area contributed by atoms with Gasteiger partial charge < -0.3 is 9.47 Å². The average Bonchev–Trinajstić information content (AvgIpc) is 3.25. The van der Waals surface area contributed by atoms with Gasteiger partial charge in [0.25, 0.3) is 5.91 Å². The second-order valence-electron chi connectivity index (χ2n) is 6.55. The van der Waals surface area contributed by atoms with Crippen LogP contribution in [0.5, 0.6) is 5.75 Å². The number of carbonyl (C=O) groups excluding carboxylic acids is 2. The number of amides is 1. The Kier molecular flexibility index (Phi) is 6.18. The number of hydrogen-bond acceptors (Lipinski definition) is 6. The van der Waals surface area contributed by atoms with Gasteiger partial charge in [-0.05, 0) is 47.2 Å². The van der Waals surface area contributed by atoms with Crippen molar-refractivity contribution in [3.05, 3.63) is 77.9 Å². The standard InChI is InChI=1S/C23H17FN2O4S/c24-18-8-5-16(6-9-18)20-14-31-23(25-20)26-21(27)12-30-22(28)13-29-19-10-7-15-3-1-2-4-17(15)11-19/h1-11,14H,12-13H2,(H,25,26,27). The van der Waals surface area contributed by atoms with E-state index in [1.807, 2.05) is 36.4 Å². The molecule has 3 aromatic carbocycles. The molecule has 0 saturated heterocycles. The summed E-state index contributed by atoms with van der Waals surface area (Å²) in [6, 6.07) is 19.2. The van der Waals surface area contributed by atoms with Gasteiger partial charge in [0.15, 0.2) is 18.3 Å². The first-order valence-electron chi connectivity index (χ1n) is 9.35. The van der Waals surface area contributed by atoms with Crippen LogP contribution in [0.3, 0.4) is 0 Å². The zero-order valence-corrected chi connectivity index (χ0v) is 17.0. The van der Waals surface area contributed by atoms with Gasteiger partial charge in [0.2, 0.25) is 0 Å². The van der Waals surface area contributed by atoms with E-state index in [9.17, 15) is 14.0 Å². The van der Waals surface area contributed by atoms with E-state index in [1.165, 1.54) is 23.5 Å². The van der Waals surface area contributed by atoms with Crippen LogP contribution in [0.4, 0.5) is 9.52 Å². The van der Waals surface area contributed by atoms with Crippen LogP contribution in [0.2, 0.25) is 0 Å². The molecule has 0 aliphatic heterocycles. The number of ether oxygens (including phenoxy) is 2. The van der Waals surface area contributed by atoms with Crippen molar-refractivity contribution < 1.29 is 23.5 Å². The van der Waals surface area contributed by atoms with Crippen molar-refractivity contribution in [3.63, 3.8) is 0 Å². The van der Waals surface area contributed by atoms with Crippen LogP contribution in [0.25, 0.3) is 22.0 Å². The summed E-state index contributed by atoms with van der Waals surface area (Å²) in [5, 5.41) is 6.73. The number of halogens is 1. The van der Waals surface area contributed by atoms with Crippen molar-refractivity contribution in [3.8, 4) is 17.0 Å². The van der Waals surface area contributed by atoms with Crippen molar-refractivity contribution >= 4 is 39.1 Å². The van der Waals surface area contributed by atoms with Gasteiger partial charge in [0.1, 0.15) is 11.6 Å². The van der Waals surface area contributed by atoms with Crippen LogP contribution in [0, 0.1) is 5.82 Å². The molecule has 1 N–H and O–H groups in total. The lowest BCUT2D eigenvalue weighted by atomic mass is 10.1. The highest BCUT2D eigenvalue weighted by Gasteiger charge is 2.12. The van der Waals surface area contributed by atoms with Crippen molar-refractivity contribution in [2.75, 3.05) is 18.5 Å². The van der Waals surface area contributed by atoms with E-state index >= 15 is 0 Å². The van der Waals surface area contributed by atoms with Gasteiger partial charge in [0, 0.05) is 10.9 Å². The molecule has 0 radical (unpaired) electrons. The molecule has 0 fully saturated rings. The molecule has 1 aromatic heterocycles. The lowest BCUT2D eigenvalue weighted by molar-refractivity contribution is -0.149. The van der Waals surface area contributed by atoms with Gasteiger partial charge in [-0.25, -0.2) is 14.2 Å². The van der Waals surface area contributed by atoms with Gasteiger partial charge in [-0.1, -0.05) is 30.3 Å². The molecular weight excluding hydrogens is 419 g/mol. The zero-order chi connectivity index (χ0) is 21.6. The Hall–Kier alpha value is -3.78. The third-order valence-electron chi connectivity index (χ3n) is 4.33. The predicted octanol–water partition coefficient (Wildman–Crippen LogP) is 4.66. The summed E-state index contributed by atoms with van der Waals surface area (Å²) >= 11 is 1.22. The van der Waals surface area contributed by atoms with Gasteiger partial charge in [0.05, 0.1) is 5.69 Å². The molecule has 8 heteroatoms. The first kappa shape index (κ1) is 20.5. The quantitative estimate of drug-likeness (QED) is 0.426. The molecule has 1 heterocycles. The van der Waals surface area contributed by atoms with E-state index in [0.717, 1.165) is 16.3 Å². The lowest BCUT2D eigenvalue weighted by Gasteiger charge is -2.08.